The highest BCUT2D eigenvalue weighted by Crippen LogP contribution is 2.19. The highest BCUT2D eigenvalue weighted by atomic mass is 16.5. The number of carbonyl (C=O) groups excluding carboxylic acids is 2. The highest BCUT2D eigenvalue weighted by Gasteiger charge is 2.27. The van der Waals surface area contributed by atoms with Crippen LogP contribution < -0.4 is 10.1 Å². The summed E-state index contributed by atoms with van der Waals surface area (Å²) in [6.07, 6.45) is 0.834. The van der Waals surface area contributed by atoms with E-state index in [1.807, 2.05) is 68.4 Å². The Labute approximate surface area is 180 Å². The molecule has 2 atom stereocenters. The first-order valence-corrected chi connectivity index (χ1v) is 10.7. The van der Waals surface area contributed by atoms with E-state index in [-0.39, 0.29) is 24.5 Å². The summed E-state index contributed by atoms with van der Waals surface area (Å²) in [6.45, 7) is 10.2. The fourth-order valence-corrected chi connectivity index (χ4v) is 3.01. The maximum Gasteiger partial charge on any atom is 0.261 e. The molecule has 2 rings (SSSR count). The molecular formula is C25H34N2O3. The molecule has 0 heterocycles. The van der Waals surface area contributed by atoms with Gasteiger partial charge in [-0.3, -0.25) is 9.59 Å². The Morgan fingerprint density at radius 3 is 2.17 bits per heavy atom. The van der Waals surface area contributed by atoms with E-state index >= 15 is 0 Å². The molecule has 5 nitrogen and oxygen atoms in total. The van der Waals surface area contributed by atoms with Crippen molar-refractivity contribution in [2.24, 2.45) is 0 Å². The van der Waals surface area contributed by atoms with Crippen LogP contribution in [0.2, 0.25) is 0 Å². The molecular weight excluding hydrogens is 376 g/mol. The van der Waals surface area contributed by atoms with Crippen LogP contribution in [0.25, 0.3) is 0 Å². The van der Waals surface area contributed by atoms with E-state index in [1.165, 1.54) is 5.56 Å². The summed E-state index contributed by atoms with van der Waals surface area (Å²) in [7, 11) is 0. The van der Waals surface area contributed by atoms with Crippen LogP contribution in [0.15, 0.2) is 54.6 Å². The third-order valence-corrected chi connectivity index (χ3v) is 5.27. The Balaban J connectivity index is 2.09. The number of rotatable bonds is 10. The van der Waals surface area contributed by atoms with Gasteiger partial charge in [0.1, 0.15) is 11.8 Å². The van der Waals surface area contributed by atoms with E-state index in [0.717, 1.165) is 12.0 Å². The van der Waals surface area contributed by atoms with Crippen molar-refractivity contribution in [1.82, 2.24) is 10.2 Å². The molecule has 0 aliphatic heterocycles. The van der Waals surface area contributed by atoms with Gasteiger partial charge in [-0.15, -0.1) is 0 Å². The molecule has 0 aliphatic carbocycles. The van der Waals surface area contributed by atoms with Crippen molar-refractivity contribution in [3.05, 3.63) is 65.7 Å². The van der Waals surface area contributed by atoms with Crippen molar-refractivity contribution in [2.75, 3.05) is 6.61 Å². The minimum absolute atomic E-state index is 0.0596. The average molecular weight is 411 g/mol. The fourth-order valence-electron chi connectivity index (χ4n) is 3.01. The SMILES string of the molecule is CCC(C)NC(=O)C(C)N(Cc1ccccc1)C(=O)COc1ccc(C(C)C)cc1. The predicted octanol–water partition coefficient (Wildman–Crippen LogP) is 4.52. The first-order valence-electron chi connectivity index (χ1n) is 10.7. The summed E-state index contributed by atoms with van der Waals surface area (Å²) in [6, 6.07) is 16.9. The number of hydrogen-bond donors (Lipinski definition) is 1. The van der Waals surface area contributed by atoms with Gasteiger partial charge in [0, 0.05) is 12.6 Å². The monoisotopic (exact) mass is 410 g/mol. The Hall–Kier alpha value is -2.82. The van der Waals surface area contributed by atoms with E-state index in [9.17, 15) is 9.59 Å². The van der Waals surface area contributed by atoms with Crippen LogP contribution in [0.5, 0.6) is 5.75 Å². The quantitative estimate of drug-likeness (QED) is 0.626. The standard InChI is InChI=1S/C25H34N2O3/c1-6-19(4)26-25(29)20(5)27(16-21-10-8-7-9-11-21)24(28)17-30-23-14-12-22(13-15-23)18(2)3/h7-15,18-20H,6,16-17H2,1-5H3,(H,26,29). The molecule has 0 bridgehead atoms. The maximum absolute atomic E-state index is 13.0. The first-order chi connectivity index (χ1) is 14.3. The minimum Gasteiger partial charge on any atom is -0.484 e. The summed E-state index contributed by atoms with van der Waals surface area (Å²) in [4.78, 5) is 27.3. The number of nitrogens with zero attached hydrogens (tertiary/aromatic N) is 1. The molecule has 2 amide bonds. The zero-order valence-corrected chi connectivity index (χ0v) is 18.7. The van der Waals surface area contributed by atoms with Crippen molar-refractivity contribution in [3.63, 3.8) is 0 Å². The summed E-state index contributed by atoms with van der Waals surface area (Å²) in [5.41, 5.74) is 2.19. The van der Waals surface area contributed by atoms with Gasteiger partial charge in [0.2, 0.25) is 5.91 Å². The Morgan fingerprint density at radius 2 is 1.60 bits per heavy atom. The summed E-state index contributed by atoms with van der Waals surface area (Å²) >= 11 is 0. The summed E-state index contributed by atoms with van der Waals surface area (Å²) < 4.78 is 5.73. The lowest BCUT2D eigenvalue weighted by Gasteiger charge is -2.29. The average Bonchev–Trinajstić information content (AvgIpc) is 2.76. The van der Waals surface area contributed by atoms with Gasteiger partial charge in [-0.1, -0.05) is 63.2 Å². The Morgan fingerprint density at radius 1 is 0.967 bits per heavy atom. The molecule has 162 valence electrons. The molecule has 30 heavy (non-hydrogen) atoms. The van der Waals surface area contributed by atoms with E-state index in [1.54, 1.807) is 11.8 Å². The van der Waals surface area contributed by atoms with E-state index in [2.05, 4.69) is 19.2 Å². The maximum atomic E-state index is 13.0. The van der Waals surface area contributed by atoms with Crippen molar-refractivity contribution in [1.29, 1.82) is 0 Å². The highest BCUT2D eigenvalue weighted by molar-refractivity contribution is 5.88. The van der Waals surface area contributed by atoms with E-state index in [0.29, 0.717) is 18.2 Å². The van der Waals surface area contributed by atoms with Crippen LogP contribution >= 0.6 is 0 Å². The van der Waals surface area contributed by atoms with Crippen LogP contribution in [0, 0.1) is 0 Å². The number of benzene rings is 2. The van der Waals surface area contributed by atoms with Crippen LogP contribution in [0.1, 0.15) is 58.1 Å². The molecule has 2 aromatic carbocycles. The lowest BCUT2D eigenvalue weighted by Crippen LogP contribution is -2.50. The predicted molar refractivity (Wildman–Crippen MR) is 120 cm³/mol. The van der Waals surface area contributed by atoms with Gasteiger partial charge >= 0.3 is 0 Å². The van der Waals surface area contributed by atoms with Crippen LogP contribution in [-0.2, 0) is 16.1 Å². The minimum atomic E-state index is -0.598. The van der Waals surface area contributed by atoms with Gasteiger partial charge in [-0.05, 0) is 49.4 Å². The smallest absolute Gasteiger partial charge is 0.261 e. The first kappa shape index (κ1) is 23.5. The van der Waals surface area contributed by atoms with Crippen LogP contribution in [0.3, 0.4) is 0 Å². The van der Waals surface area contributed by atoms with Gasteiger partial charge in [0.05, 0.1) is 0 Å². The molecule has 0 aromatic heterocycles. The Kier molecular flexibility index (Phi) is 8.90. The van der Waals surface area contributed by atoms with Crippen molar-refractivity contribution < 1.29 is 14.3 Å². The molecule has 1 N–H and O–H groups in total. The van der Waals surface area contributed by atoms with Crippen molar-refractivity contribution >= 4 is 11.8 Å². The second-order valence-corrected chi connectivity index (χ2v) is 8.01. The fraction of sp³-hybridized carbons (Fsp3) is 0.440. The normalized spacial score (nSPS) is 12.9. The van der Waals surface area contributed by atoms with E-state index < -0.39 is 6.04 Å². The summed E-state index contributed by atoms with van der Waals surface area (Å²) in [5, 5.41) is 2.97. The Bertz CT molecular complexity index is 803. The lowest BCUT2D eigenvalue weighted by atomic mass is 10.0. The molecule has 0 radical (unpaired) electrons. The van der Waals surface area contributed by atoms with Gasteiger partial charge in [-0.2, -0.15) is 0 Å². The van der Waals surface area contributed by atoms with Crippen molar-refractivity contribution in [3.8, 4) is 5.75 Å². The number of amides is 2. The molecule has 0 aliphatic rings. The zero-order chi connectivity index (χ0) is 22.1. The second kappa shape index (κ2) is 11.4. The van der Waals surface area contributed by atoms with E-state index in [4.69, 9.17) is 4.74 Å². The van der Waals surface area contributed by atoms with Gasteiger partial charge in [0.25, 0.3) is 5.91 Å². The van der Waals surface area contributed by atoms with Gasteiger partial charge < -0.3 is 15.0 Å². The lowest BCUT2D eigenvalue weighted by molar-refractivity contribution is -0.142. The third-order valence-electron chi connectivity index (χ3n) is 5.27. The molecule has 0 fully saturated rings. The number of hydrogen-bond acceptors (Lipinski definition) is 3. The molecule has 2 unspecified atom stereocenters. The second-order valence-electron chi connectivity index (χ2n) is 8.01. The number of carbonyl (C=O) groups is 2. The van der Waals surface area contributed by atoms with Gasteiger partial charge in [-0.25, -0.2) is 0 Å². The molecule has 5 heteroatoms. The topological polar surface area (TPSA) is 58.6 Å². The third kappa shape index (κ3) is 6.90. The molecule has 0 saturated heterocycles. The van der Waals surface area contributed by atoms with Crippen LogP contribution in [0.4, 0.5) is 0 Å². The number of ether oxygens (including phenoxy) is 1. The molecule has 2 aromatic rings. The largest absolute Gasteiger partial charge is 0.484 e. The van der Waals surface area contributed by atoms with Crippen LogP contribution in [-0.4, -0.2) is 35.4 Å². The summed E-state index contributed by atoms with van der Waals surface area (Å²) in [5.74, 6) is 0.699. The number of nitrogens with one attached hydrogen (secondary N) is 1. The molecule has 0 spiro atoms. The zero-order valence-electron chi connectivity index (χ0n) is 18.7. The van der Waals surface area contributed by atoms with Crippen molar-refractivity contribution in [2.45, 2.75) is 65.6 Å². The molecule has 0 saturated carbocycles. The van der Waals surface area contributed by atoms with Gasteiger partial charge in [0.15, 0.2) is 6.61 Å².